The zero-order valence-corrected chi connectivity index (χ0v) is 16.4. The Bertz CT molecular complexity index is 1020. The van der Waals surface area contributed by atoms with E-state index in [9.17, 15) is 8.42 Å². The lowest BCUT2D eigenvalue weighted by Crippen LogP contribution is -2.14. The van der Waals surface area contributed by atoms with Gasteiger partial charge in [-0.25, -0.2) is 8.42 Å². The molecule has 0 bridgehead atoms. The molecule has 1 heterocycles. The van der Waals surface area contributed by atoms with Crippen molar-refractivity contribution in [3.63, 3.8) is 0 Å². The van der Waals surface area contributed by atoms with Gasteiger partial charge in [-0.3, -0.25) is 9.71 Å². The SMILES string of the molecule is COc1ccc(S(=O)(=O)Nc2ccc(NCc3cccnc3)cc2)c(OC)c1. The molecule has 3 rings (SSSR count). The zero-order chi connectivity index (χ0) is 20.0. The number of rotatable bonds is 8. The van der Waals surface area contributed by atoms with Crippen molar-refractivity contribution in [2.75, 3.05) is 24.3 Å². The normalized spacial score (nSPS) is 10.9. The second kappa shape index (κ2) is 8.62. The van der Waals surface area contributed by atoms with E-state index in [-0.39, 0.29) is 10.6 Å². The minimum Gasteiger partial charge on any atom is -0.497 e. The Kier molecular flexibility index (Phi) is 6.00. The number of benzene rings is 2. The highest BCUT2D eigenvalue weighted by atomic mass is 32.2. The first kappa shape index (κ1) is 19.5. The number of methoxy groups -OCH3 is 2. The van der Waals surface area contributed by atoms with Gasteiger partial charge in [0.05, 0.1) is 14.2 Å². The largest absolute Gasteiger partial charge is 0.497 e. The van der Waals surface area contributed by atoms with Gasteiger partial charge in [-0.2, -0.15) is 0 Å². The molecule has 1 aromatic heterocycles. The van der Waals surface area contributed by atoms with Crippen LogP contribution in [0.15, 0.2) is 71.9 Å². The Labute approximate surface area is 164 Å². The first-order valence-corrected chi connectivity index (χ1v) is 9.98. The number of sulfonamides is 1. The van der Waals surface area contributed by atoms with Crippen molar-refractivity contribution in [3.8, 4) is 11.5 Å². The van der Waals surface area contributed by atoms with Gasteiger partial charge in [0.2, 0.25) is 0 Å². The van der Waals surface area contributed by atoms with Gasteiger partial charge in [-0.1, -0.05) is 6.07 Å². The summed E-state index contributed by atoms with van der Waals surface area (Å²) >= 11 is 0. The van der Waals surface area contributed by atoms with Crippen LogP contribution in [0.25, 0.3) is 0 Å². The molecule has 7 nitrogen and oxygen atoms in total. The molecule has 28 heavy (non-hydrogen) atoms. The van der Waals surface area contributed by atoms with Gasteiger partial charge in [-0.15, -0.1) is 0 Å². The van der Waals surface area contributed by atoms with E-state index in [1.165, 1.54) is 26.4 Å². The summed E-state index contributed by atoms with van der Waals surface area (Å²) in [5.41, 5.74) is 2.37. The first-order valence-electron chi connectivity index (χ1n) is 8.49. The molecule has 3 aromatic rings. The lowest BCUT2D eigenvalue weighted by atomic mass is 10.2. The fourth-order valence-corrected chi connectivity index (χ4v) is 3.78. The first-order chi connectivity index (χ1) is 13.5. The van der Waals surface area contributed by atoms with Crippen molar-refractivity contribution in [2.24, 2.45) is 0 Å². The van der Waals surface area contributed by atoms with Crippen molar-refractivity contribution >= 4 is 21.4 Å². The summed E-state index contributed by atoms with van der Waals surface area (Å²) in [5.74, 6) is 0.724. The highest BCUT2D eigenvalue weighted by Crippen LogP contribution is 2.30. The Hall–Kier alpha value is -3.26. The fraction of sp³-hybridized carbons (Fsp3) is 0.150. The Morgan fingerprint density at radius 1 is 0.964 bits per heavy atom. The highest BCUT2D eigenvalue weighted by Gasteiger charge is 2.20. The van der Waals surface area contributed by atoms with Crippen LogP contribution in [0.5, 0.6) is 11.5 Å². The molecule has 0 spiro atoms. The summed E-state index contributed by atoms with van der Waals surface area (Å²) in [7, 11) is -0.890. The van der Waals surface area contributed by atoms with Crippen LogP contribution < -0.4 is 19.5 Å². The van der Waals surface area contributed by atoms with E-state index < -0.39 is 10.0 Å². The zero-order valence-electron chi connectivity index (χ0n) is 15.5. The minimum absolute atomic E-state index is 0.0366. The van der Waals surface area contributed by atoms with Crippen LogP contribution in [-0.2, 0) is 16.6 Å². The lowest BCUT2D eigenvalue weighted by Gasteiger charge is -2.13. The molecule has 0 radical (unpaired) electrons. The lowest BCUT2D eigenvalue weighted by molar-refractivity contribution is 0.386. The molecule has 0 saturated heterocycles. The standard InChI is InChI=1S/C20H21N3O4S/c1-26-18-9-10-20(19(12-18)27-2)28(24,25)23-17-7-5-16(6-8-17)22-14-15-4-3-11-21-13-15/h3-13,22-23H,14H2,1-2H3. The smallest absolute Gasteiger partial charge is 0.265 e. The molecule has 2 aromatic carbocycles. The molecule has 0 amide bonds. The maximum absolute atomic E-state index is 12.7. The Morgan fingerprint density at radius 3 is 2.36 bits per heavy atom. The number of anilines is 2. The molecule has 146 valence electrons. The van der Waals surface area contributed by atoms with E-state index in [0.717, 1.165) is 11.3 Å². The van der Waals surface area contributed by atoms with E-state index in [4.69, 9.17) is 9.47 Å². The summed E-state index contributed by atoms with van der Waals surface area (Å²) in [6.45, 7) is 0.627. The van der Waals surface area contributed by atoms with Crippen molar-refractivity contribution < 1.29 is 17.9 Å². The maximum Gasteiger partial charge on any atom is 0.265 e. The molecule has 2 N–H and O–H groups in total. The van der Waals surface area contributed by atoms with Crippen LogP contribution in [0.4, 0.5) is 11.4 Å². The number of nitrogens with zero attached hydrogens (tertiary/aromatic N) is 1. The molecule has 0 fully saturated rings. The van der Waals surface area contributed by atoms with E-state index in [0.29, 0.717) is 18.0 Å². The number of ether oxygens (including phenoxy) is 2. The predicted molar refractivity (Wildman–Crippen MR) is 108 cm³/mol. The van der Waals surface area contributed by atoms with E-state index in [2.05, 4.69) is 15.0 Å². The summed E-state index contributed by atoms with van der Waals surface area (Å²) in [4.78, 5) is 4.11. The van der Waals surface area contributed by atoms with Gasteiger partial charge in [-0.05, 0) is 48.0 Å². The van der Waals surface area contributed by atoms with Crippen LogP contribution in [0, 0.1) is 0 Å². The summed E-state index contributed by atoms with van der Waals surface area (Å²) in [5, 5.41) is 3.26. The average Bonchev–Trinajstić information content (AvgIpc) is 2.73. The van der Waals surface area contributed by atoms with Crippen LogP contribution in [0.1, 0.15) is 5.56 Å². The van der Waals surface area contributed by atoms with Gasteiger partial charge in [0.1, 0.15) is 16.4 Å². The molecular weight excluding hydrogens is 378 g/mol. The fourth-order valence-electron chi connectivity index (χ4n) is 2.57. The summed E-state index contributed by atoms with van der Waals surface area (Å²) in [6, 6.07) is 15.4. The molecule has 0 atom stereocenters. The number of nitrogens with one attached hydrogen (secondary N) is 2. The van der Waals surface area contributed by atoms with Crippen molar-refractivity contribution in [3.05, 3.63) is 72.6 Å². The third-order valence-corrected chi connectivity index (χ3v) is 5.44. The molecule has 0 saturated carbocycles. The minimum atomic E-state index is -3.81. The van der Waals surface area contributed by atoms with Gasteiger partial charge in [0.25, 0.3) is 10.0 Å². The summed E-state index contributed by atoms with van der Waals surface area (Å²) in [6.07, 6.45) is 3.51. The quantitative estimate of drug-likeness (QED) is 0.602. The maximum atomic E-state index is 12.7. The molecule has 0 aliphatic rings. The summed E-state index contributed by atoms with van der Waals surface area (Å²) < 4.78 is 38.3. The number of hydrogen-bond acceptors (Lipinski definition) is 6. The van der Waals surface area contributed by atoms with Crippen LogP contribution in [-0.4, -0.2) is 27.6 Å². The van der Waals surface area contributed by atoms with Crippen LogP contribution in [0.2, 0.25) is 0 Å². The predicted octanol–water partition coefficient (Wildman–Crippen LogP) is 3.51. The van der Waals surface area contributed by atoms with E-state index in [1.807, 2.05) is 12.1 Å². The molecule has 0 aliphatic heterocycles. The van der Waals surface area contributed by atoms with Gasteiger partial charge in [0.15, 0.2) is 0 Å². The van der Waals surface area contributed by atoms with Gasteiger partial charge < -0.3 is 14.8 Å². The van der Waals surface area contributed by atoms with Gasteiger partial charge >= 0.3 is 0 Å². The molecule has 0 aliphatic carbocycles. The second-order valence-electron chi connectivity index (χ2n) is 5.91. The van der Waals surface area contributed by atoms with E-state index >= 15 is 0 Å². The van der Waals surface area contributed by atoms with Crippen molar-refractivity contribution in [2.45, 2.75) is 11.4 Å². The third kappa shape index (κ3) is 4.72. The van der Waals surface area contributed by atoms with Crippen LogP contribution >= 0.6 is 0 Å². The number of pyridine rings is 1. The average molecular weight is 399 g/mol. The van der Waals surface area contributed by atoms with Gasteiger partial charge in [0, 0.05) is 36.4 Å². The number of aromatic nitrogens is 1. The second-order valence-corrected chi connectivity index (χ2v) is 7.57. The molecule has 8 heteroatoms. The van der Waals surface area contributed by atoms with Crippen molar-refractivity contribution in [1.29, 1.82) is 0 Å². The Balaban J connectivity index is 1.71. The number of hydrogen-bond donors (Lipinski definition) is 2. The van der Waals surface area contributed by atoms with E-state index in [1.54, 1.807) is 42.7 Å². The highest BCUT2D eigenvalue weighted by molar-refractivity contribution is 7.92. The molecule has 0 unspecified atom stereocenters. The van der Waals surface area contributed by atoms with Crippen molar-refractivity contribution in [1.82, 2.24) is 4.98 Å². The van der Waals surface area contributed by atoms with Crippen LogP contribution in [0.3, 0.4) is 0 Å². The monoisotopic (exact) mass is 399 g/mol. The molecular formula is C20H21N3O4S. The topological polar surface area (TPSA) is 89.6 Å². The third-order valence-electron chi connectivity index (χ3n) is 4.02. The Morgan fingerprint density at radius 2 is 1.71 bits per heavy atom.